The van der Waals surface area contributed by atoms with Crippen molar-refractivity contribution in [2.45, 2.75) is 52.2 Å². The maximum absolute atomic E-state index is 11.8. The van der Waals surface area contributed by atoms with Gasteiger partial charge in [-0.2, -0.15) is 0 Å². The maximum Gasteiger partial charge on any atom is 0.407 e. The molecule has 0 aromatic carbocycles. The molecule has 0 radical (unpaired) electrons. The molecular formula is C18H29N3O2. The minimum atomic E-state index is -0.448. The van der Waals surface area contributed by atoms with Crippen molar-refractivity contribution in [2.24, 2.45) is 5.92 Å². The first-order valence-corrected chi connectivity index (χ1v) is 8.47. The third-order valence-electron chi connectivity index (χ3n) is 4.15. The molecule has 1 N–H and O–H groups in total. The Morgan fingerprint density at radius 1 is 1.48 bits per heavy atom. The molecule has 1 aliphatic heterocycles. The minimum Gasteiger partial charge on any atom is -0.444 e. The predicted molar refractivity (Wildman–Crippen MR) is 91.2 cm³/mol. The summed E-state index contributed by atoms with van der Waals surface area (Å²) in [4.78, 5) is 18.7. The van der Waals surface area contributed by atoms with Crippen molar-refractivity contribution in [3.8, 4) is 0 Å². The normalized spacial score (nSPS) is 20.8. The Kier molecular flexibility index (Phi) is 5.99. The third kappa shape index (κ3) is 5.82. The van der Waals surface area contributed by atoms with E-state index in [9.17, 15) is 4.79 Å². The lowest BCUT2D eigenvalue weighted by atomic mass is 9.96. The second-order valence-electron chi connectivity index (χ2n) is 7.32. The van der Waals surface area contributed by atoms with Crippen LogP contribution in [0.3, 0.4) is 0 Å². The van der Waals surface area contributed by atoms with Crippen LogP contribution in [0.4, 0.5) is 4.79 Å². The van der Waals surface area contributed by atoms with Gasteiger partial charge in [0.25, 0.3) is 0 Å². The molecule has 1 fully saturated rings. The number of nitrogens with one attached hydrogen (secondary N) is 1. The minimum absolute atomic E-state index is 0.306. The average Bonchev–Trinajstić information content (AvgIpc) is 2.52. The van der Waals surface area contributed by atoms with E-state index in [4.69, 9.17) is 4.74 Å². The van der Waals surface area contributed by atoms with E-state index in [1.165, 1.54) is 0 Å². The predicted octanol–water partition coefficient (Wildman–Crippen LogP) is 3.38. The van der Waals surface area contributed by atoms with Crippen molar-refractivity contribution in [1.29, 1.82) is 0 Å². The highest BCUT2D eigenvalue weighted by atomic mass is 16.6. The van der Waals surface area contributed by atoms with Gasteiger partial charge < -0.3 is 10.1 Å². The molecule has 0 spiro atoms. The first kappa shape index (κ1) is 17.7. The van der Waals surface area contributed by atoms with E-state index in [1.807, 2.05) is 39.1 Å². The lowest BCUT2D eigenvalue weighted by molar-refractivity contribution is 0.0500. The van der Waals surface area contributed by atoms with Crippen molar-refractivity contribution in [3.63, 3.8) is 0 Å². The lowest BCUT2D eigenvalue weighted by Gasteiger charge is -2.36. The summed E-state index contributed by atoms with van der Waals surface area (Å²) in [5.41, 5.74) is 0.657. The van der Waals surface area contributed by atoms with Gasteiger partial charge in [-0.25, -0.2) is 4.79 Å². The molecular weight excluding hydrogens is 290 g/mol. The SMILES string of the molecule is C[C@@H](c1ccccn1)N1CCC[C@H](CNC(=O)OC(C)(C)C)C1. The Bertz CT molecular complexity index is 499. The summed E-state index contributed by atoms with van der Waals surface area (Å²) in [5, 5.41) is 2.90. The zero-order valence-corrected chi connectivity index (χ0v) is 14.7. The topological polar surface area (TPSA) is 54.5 Å². The molecule has 2 heterocycles. The van der Waals surface area contributed by atoms with Gasteiger partial charge in [-0.05, 0) is 65.1 Å². The molecule has 1 saturated heterocycles. The Morgan fingerprint density at radius 3 is 2.91 bits per heavy atom. The molecule has 2 rings (SSSR count). The summed E-state index contributed by atoms with van der Waals surface area (Å²) in [6.07, 6.45) is 3.81. The second-order valence-corrected chi connectivity index (χ2v) is 7.32. The molecule has 0 aliphatic carbocycles. The van der Waals surface area contributed by atoms with E-state index in [0.717, 1.165) is 31.6 Å². The number of hydrogen-bond acceptors (Lipinski definition) is 4. The zero-order chi connectivity index (χ0) is 16.9. The van der Waals surface area contributed by atoms with Crippen LogP contribution in [0.25, 0.3) is 0 Å². The Balaban J connectivity index is 1.83. The van der Waals surface area contributed by atoms with Crippen molar-refractivity contribution >= 4 is 6.09 Å². The van der Waals surface area contributed by atoms with Crippen molar-refractivity contribution < 1.29 is 9.53 Å². The molecule has 5 heteroatoms. The number of amides is 1. The largest absolute Gasteiger partial charge is 0.444 e. The third-order valence-corrected chi connectivity index (χ3v) is 4.15. The Morgan fingerprint density at radius 2 is 2.26 bits per heavy atom. The van der Waals surface area contributed by atoms with E-state index in [-0.39, 0.29) is 6.09 Å². The molecule has 1 aromatic heterocycles. The van der Waals surface area contributed by atoms with Crippen molar-refractivity contribution in [1.82, 2.24) is 15.2 Å². The molecule has 0 bridgehead atoms. The molecule has 0 unspecified atom stereocenters. The maximum atomic E-state index is 11.8. The van der Waals surface area contributed by atoms with Crippen LogP contribution < -0.4 is 5.32 Å². The summed E-state index contributed by atoms with van der Waals surface area (Å²) in [6, 6.07) is 6.36. The average molecular weight is 319 g/mol. The number of likely N-dealkylation sites (tertiary alicyclic amines) is 1. The van der Waals surface area contributed by atoms with Gasteiger partial charge in [0.05, 0.1) is 5.69 Å². The number of pyridine rings is 1. The van der Waals surface area contributed by atoms with Crippen LogP contribution in [-0.4, -0.2) is 41.2 Å². The number of carbonyl (C=O) groups excluding carboxylic acids is 1. The highest BCUT2D eigenvalue weighted by molar-refractivity contribution is 5.67. The number of carbonyl (C=O) groups is 1. The molecule has 1 amide bonds. The van der Waals surface area contributed by atoms with E-state index >= 15 is 0 Å². The number of nitrogens with zero attached hydrogens (tertiary/aromatic N) is 2. The van der Waals surface area contributed by atoms with Crippen LogP contribution in [0.1, 0.15) is 52.3 Å². The van der Waals surface area contributed by atoms with E-state index in [0.29, 0.717) is 18.5 Å². The number of piperidine rings is 1. The highest BCUT2D eigenvalue weighted by Crippen LogP contribution is 2.25. The van der Waals surface area contributed by atoms with Crippen molar-refractivity contribution in [3.05, 3.63) is 30.1 Å². The summed E-state index contributed by atoms with van der Waals surface area (Å²) >= 11 is 0. The molecule has 0 saturated carbocycles. The van der Waals surface area contributed by atoms with Crippen LogP contribution in [0.5, 0.6) is 0 Å². The van der Waals surface area contributed by atoms with Crippen LogP contribution in [0.15, 0.2) is 24.4 Å². The summed E-state index contributed by atoms with van der Waals surface area (Å²) in [6.45, 7) is 10.6. The second kappa shape index (κ2) is 7.77. The van der Waals surface area contributed by atoms with Crippen LogP contribution >= 0.6 is 0 Å². The van der Waals surface area contributed by atoms with Gasteiger partial charge in [-0.3, -0.25) is 9.88 Å². The molecule has 1 aromatic rings. The standard InChI is InChI=1S/C18H29N3O2/c1-14(16-9-5-6-10-19-16)21-11-7-8-15(13-21)12-20-17(22)23-18(2,3)4/h5-6,9-10,14-15H,7-8,11-13H2,1-4H3,(H,20,22)/t14-,15+/m0/s1. The number of hydrogen-bond donors (Lipinski definition) is 1. The smallest absolute Gasteiger partial charge is 0.407 e. The van der Waals surface area contributed by atoms with Gasteiger partial charge >= 0.3 is 6.09 Å². The molecule has 2 atom stereocenters. The molecule has 5 nitrogen and oxygen atoms in total. The van der Waals surface area contributed by atoms with Crippen molar-refractivity contribution in [2.75, 3.05) is 19.6 Å². The van der Waals surface area contributed by atoms with Gasteiger partial charge in [0.1, 0.15) is 5.60 Å². The summed E-state index contributed by atoms with van der Waals surface area (Å²) < 4.78 is 5.30. The van der Waals surface area contributed by atoms with Gasteiger partial charge in [0, 0.05) is 25.3 Å². The number of aromatic nitrogens is 1. The molecule has 128 valence electrons. The number of rotatable bonds is 4. The number of alkyl carbamates (subject to hydrolysis) is 1. The van der Waals surface area contributed by atoms with E-state index in [1.54, 1.807) is 0 Å². The zero-order valence-electron chi connectivity index (χ0n) is 14.7. The first-order chi connectivity index (χ1) is 10.8. The van der Waals surface area contributed by atoms with Gasteiger partial charge in [0.2, 0.25) is 0 Å². The fourth-order valence-corrected chi connectivity index (χ4v) is 2.97. The van der Waals surface area contributed by atoms with E-state index < -0.39 is 5.60 Å². The fraction of sp³-hybridized carbons (Fsp3) is 0.667. The van der Waals surface area contributed by atoms with Gasteiger partial charge in [0.15, 0.2) is 0 Å². The van der Waals surface area contributed by atoms with Crippen LogP contribution in [-0.2, 0) is 4.74 Å². The van der Waals surface area contributed by atoms with Gasteiger partial charge in [-0.1, -0.05) is 6.07 Å². The van der Waals surface area contributed by atoms with Gasteiger partial charge in [-0.15, -0.1) is 0 Å². The molecule has 23 heavy (non-hydrogen) atoms. The Labute approximate surface area is 139 Å². The monoisotopic (exact) mass is 319 g/mol. The summed E-state index contributed by atoms with van der Waals surface area (Å²) in [5.74, 6) is 0.461. The van der Waals surface area contributed by atoms with E-state index in [2.05, 4.69) is 28.2 Å². The summed E-state index contributed by atoms with van der Waals surface area (Å²) in [7, 11) is 0. The van der Waals surface area contributed by atoms with Crippen LogP contribution in [0.2, 0.25) is 0 Å². The number of ether oxygens (including phenoxy) is 1. The fourth-order valence-electron chi connectivity index (χ4n) is 2.97. The quantitative estimate of drug-likeness (QED) is 0.924. The lowest BCUT2D eigenvalue weighted by Crippen LogP contribution is -2.43. The Hall–Kier alpha value is -1.62. The first-order valence-electron chi connectivity index (χ1n) is 8.47. The molecule has 1 aliphatic rings. The highest BCUT2D eigenvalue weighted by Gasteiger charge is 2.25. The van der Waals surface area contributed by atoms with Crippen LogP contribution in [0, 0.1) is 5.92 Å².